The van der Waals surface area contributed by atoms with Crippen molar-refractivity contribution < 1.29 is 9.15 Å². The van der Waals surface area contributed by atoms with E-state index in [1.807, 2.05) is 38.2 Å². The second kappa shape index (κ2) is 6.95. The maximum atomic E-state index is 5.78. The minimum atomic E-state index is 0.639. The lowest BCUT2D eigenvalue weighted by atomic mass is 10.1. The van der Waals surface area contributed by atoms with Gasteiger partial charge >= 0.3 is 0 Å². The highest BCUT2D eigenvalue weighted by Gasteiger charge is 2.10. The van der Waals surface area contributed by atoms with E-state index in [1.165, 1.54) is 0 Å². The van der Waals surface area contributed by atoms with Crippen molar-refractivity contribution in [1.29, 1.82) is 0 Å². The molecule has 0 aliphatic carbocycles. The number of nitrogens with zero attached hydrogens (tertiary/aromatic N) is 1. The minimum Gasteiger partial charge on any atom is -0.493 e. The average Bonchev–Trinajstić information content (AvgIpc) is 2.89. The normalized spacial score (nSPS) is 10.6. The van der Waals surface area contributed by atoms with Gasteiger partial charge in [-0.15, -0.1) is 0 Å². The van der Waals surface area contributed by atoms with Gasteiger partial charge in [0, 0.05) is 6.42 Å². The number of hydrogen-bond donors (Lipinski definition) is 1. The highest BCUT2D eigenvalue weighted by atomic mass is 16.5. The molecule has 1 N–H and O–H groups in total. The smallest absolute Gasteiger partial charge is 0.194 e. The molecule has 2 rings (SSSR count). The van der Waals surface area contributed by atoms with Gasteiger partial charge in [-0.2, -0.15) is 0 Å². The van der Waals surface area contributed by atoms with E-state index < -0.39 is 0 Å². The van der Waals surface area contributed by atoms with Crippen molar-refractivity contribution in [2.75, 3.05) is 20.2 Å². The van der Waals surface area contributed by atoms with Gasteiger partial charge in [0.1, 0.15) is 5.75 Å². The van der Waals surface area contributed by atoms with Gasteiger partial charge in [-0.05, 0) is 39.1 Å². The first-order valence-electron chi connectivity index (χ1n) is 6.66. The standard InChI is InChI=1S/C15H20N2O2/c1-3-18-13-8-5-4-7-12(13)14-11-17-15(19-14)9-6-10-16-2/h4-5,7-8,11,16H,3,6,9-10H2,1-2H3. The van der Waals surface area contributed by atoms with Crippen LogP contribution in [-0.2, 0) is 6.42 Å². The SMILES string of the molecule is CCOc1ccccc1-c1cnc(CCCNC)o1. The van der Waals surface area contributed by atoms with Crippen molar-refractivity contribution in [1.82, 2.24) is 10.3 Å². The number of aromatic nitrogens is 1. The molecule has 1 heterocycles. The minimum absolute atomic E-state index is 0.639. The summed E-state index contributed by atoms with van der Waals surface area (Å²) in [7, 11) is 1.94. The Kier molecular flexibility index (Phi) is 4.98. The maximum absolute atomic E-state index is 5.78. The number of para-hydroxylation sites is 1. The zero-order valence-corrected chi connectivity index (χ0v) is 11.5. The van der Waals surface area contributed by atoms with Gasteiger partial charge in [-0.25, -0.2) is 4.98 Å². The number of benzene rings is 1. The summed E-state index contributed by atoms with van der Waals surface area (Å²) >= 11 is 0. The van der Waals surface area contributed by atoms with Gasteiger partial charge in [-0.3, -0.25) is 0 Å². The molecular formula is C15H20N2O2. The third kappa shape index (κ3) is 3.58. The van der Waals surface area contributed by atoms with E-state index in [9.17, 15) is 0 Å². The van der Waals surface area contributed by atoms with Crippen LogP contribution in [-0.4, -0.2) is 25.2 Å². The molecule has 0 atom stereocenters. The molecule has 0 fully saturated rings. The predicted molar refractivity (Wildman–Crippen MR) is 75.4 cm³/mol. The van der Waals surface area contributed by atoms with Crippen molar-refractivity contribution in [2.45, 2.75) is 19.8 Å². The molecule has 1 aromatic heterocycles. The Morgan fingerprint density at radius 1 is 1.32 bits per heavy atom. The van der Waals surface area contributed by atoms with Crippen LogP contribution in [0.5, 0.6) is 5.75 Å². The zero-order chi connectivity index (χ0) is 13.5. The summed E-state index contributed by atoms with van der Waals surface area (Å²) in [5.41, 5.74) is 0.955. The number of hydrogen-bond acceptors (Lipinski definition) is 4. The quantitative estimate of drug-likeness (QED) is 0.778. The maximum Gasteiger partial charge on any atom is 0.194 e. The monoisotopic (exact) mass is 260 g/mol. The van der Waals surface area contributed by atoms with E-state index in [0.717, 1.165) is 42.4 Å². The van der Waals surface area contributed by atoms with Crippen molar-refractivity contribution in [3.8, 4) is 17.1 Å². The third-order valence-corrected chi connectivity index (χ3v) is 2.82. The molecule has 0 amide bonds. The Labute approximate surface area is 113 Å². The average molecular weight is 260 g/mol. The van der Waals surface area contributed by atoms with Gasteiger partial charge in [0.2, 0.25) is 0 Å². The largest absolute Gasteiger partial charge is 0.493 e. The summed E-state index contributed by atoms with van der Waals surface area (Å²) in [5.74, 6) is 2.38. The summed E-state index contributed by atoms with van der Waals surface area (Å²) in [6.07, 6.45) is 3.63. The molecule has 4 nitrogen and oxygen atoms in total. The molecule has 0 bridgehead atoms. The fraction of sp³-hybridized carbons (Fsp3) is 0.400. The molecule has 0 saturated carbocycles. The fourth-order valence-electron chi connectivity index (χ4n) is 1.92. The third-order valence-electron chi connectivity index (χ3n) is 2.82. The molecule has 0 spiro atoms. The van der Waals surface area contributed by atoms with Gasteiger partial charge in [-0.1, -0.05) is 12.1 Å². The first-order valence-corrected chi connectivity index (χ1v) is 6.66. The van der Waals surface area contributed by atoms with Crippen LogP contribution < -0.4 is 10.1 Å². The predicted octanol–water partition coefficient (Wildman–Crippen LogP) is 2.89. The zero-order valence-electron chi connectivity index (χ0n) is 11.5. The lowest BCUT2D eigenvalue weighted by Gasteiger charge is -2.07. The van der Waals surface area contributed by atoms with Crippen LogP contribution in [0.4, 0.5) is 0 Å². The highest BCUT2D eigenvalue weighted by Crippen LogP contribution is 2.30. The second-order valence-corrected chi connectivity index (χ2v) is 4.25. The Bertz CT molecular complexity index is 508. The van der Waals surface area contributed by atoms with Crippen LogP contribution >= 0.6 is 0 Å². The van der Waals surface area contributed by atoms with Crippen LogP contribution in [0.1, 0.15) is 19.2 Å². The molecule has 4 heteroatoms. The second-order valence-electron chi connectivity index (χ2n) is 4.25. The number of rotatable bonds is 7. The van der Waals surface area contributed by atoms with E-state index in [4.69, 9.17) is 9.15 Å². The first-order chi connectivity index (χ1) is 9.35. The molecular weight excluding hydrogens is 240 g/mol. The van der Waals surface area contributed by atoms with Crippen molar-refractivity contribution in [2.24, 2.45) is 0 Å². The van der Waals surface area contributed by atoms with E-state index in [2.05, 4.69) is 10.3 Å². The lowest BCUT2D eigenvalue weighted by molar-refractivity contribution is 0.340. The van der Waals surface area contributed by atoms with Crippen LogP contribution in [0.15, 0.2) is 34.9 Å². The van der Waals surface area contributed by atoms with Gasteiger partial charge < -0.3 is 14.5 Å². The van der Waals surface area contributed by atoms with Crippen molar-refractivity contribution in [3.05, 3.63) is 36.4 Å². The highest BCUT2D eigenvalue weighted by molar-refractivity contribution is 5.64. The van der Waals surface area contributed by atoms with E-state index in [-0.39, 0.29) is 0 Å². The molecule has 0 radical (unpaired) electrons. The molecule has 19 heavy (non-hydrogen) atoms. The molecule has 0 saturated heterocycles. The number of ether oxygens (including phenoxy) is 1. The van der Waals surface area contributed by atoms with Crippen LogP contribution in [0, 0.1) is 0 Å². The lowest BCUT2D eigenvalue weighted by Crippen LogP contribution is -2.08. The van der Waals surface area contributed by atoms with E-state index in [0.29, 0.717) is 6.61 Å². The molecule has 2 aromatic rings. The summed E-state index contributed by atoms with van der Waals surface area (Å²) in [6.45, 7) is 3.58. The van der Waals surface area contributed by atoms with Gasteiger partial charge in [0.05, 0.1) is 18.4 Å². The van der Waals surface area contributed by atoms with Crippen LogP contribution in [0.3, 0.4) is 0 Å². The van der Waals surface area contributed by atoms with E-state index >= 15 is 0 Å². The fourth-order valence-corrected chi connectivity index (χ4v) is 1.92. The van der Waals surface area contributed by atoms with Crippen molar-refractivity contribution >= 4 is 0 Å². The summed E-state index contributed by atoms with van der Waals surface area (Å²) in [6, 6.07) is 7.87. The Balaban J connectivity index is 2.13. The molecule has 0 aliphatic rings. The van der Waals surface area contributed by atoms with Gasteiger partial charge in [0.25, 0.3) is 0 Å². The summed E-state index contributed by atoms with van der Waals surface area (Å²) < 4.78 is 11.4. The Hall–Kier alpha value is -1.81. The summed E-state index contributed by atoms with van der Waals surface area (Å²) in [5, 5.41) is 3.11. The molecule has 1 aromatic carbocycles. The molecule has 0 aliphatic heterocycles. The first kappa shape index (κ1) is 13.6. The van der Waals surface area contributed by atoms with Gasteiger partial charge in [0.15, 0.2) is 11.7 Å². The summed E-state index contributed by atoms with van der Waals surface area (Å²) in [4.78, 5) is 4.32. The molecule has 0 unspecified atom stereocenters. The molecule has 102 valence electrons. The number of oxazole rings is 1. The van der Waals surface area contributed by atoms with Crippen LogP contribution in [0.2, 0.25) is 0 Å². The Morgan fingerprint density at radius 3 is 2.95 bits per heavy atom. The van der Waals surface area contributed by atoms with Crippen LogP contribution in [0.25, 0.3) is 11.3 Å². The Morgan fingerprint density at radius 2 is 2.16 bits per heavy atom. The van der Waals surface area contributed by atoms with E-state index in [1.54, 1.807) is 6.20 Å². The topological polar surface area (TPSA) is 47.3 Å². The number of aryl methyl sites for hydroxylation is 1. The number of nitrogens with one attached hydrogen (secondary N) is 1. The van der Waals surface area contributed by atoms with Crippen molar-refractivity contribution in [3.63, 3.8) is 0 Å².